The van der Waals surface area contributed by atoms with E-state index < -0.39 is 5.41 Å². The van der Waals surface area contributed by atoms with Crippen LogP contribution in [-0.2, 0) is 16.6 Å². The number of rotatable bonds is 5. The molecule has 0 atom stereocenters. The Balaban J connectivity index is 2.10. The van der Waals surface area contributed by atoms with E-state index in [0.29, 0.717) is 6.54 Å². The second kappa shape index (κ2) is 6.55. The van der Waals surface area contributed by atoms with Gasteiger partial charge < -0.3 is 11.1 Å². The summed E-state index contributed by atoms with van der Waals surface area (Å²) in [6.45, 7) is 4.49. The number of hydrogen-bond acceptors (Lipinski definition) is 2. The lowest BCUT2D eigenvalue weighted by molar-refractivity contribution is -0.120. The van der Waals surface area contributed by atoms with Crippen LogP contribution in [0.1, 0.15) is 25.0 Å². The maximum absolute atomic E-state index is 12.5. The maximum Gasteiger partial charge on any atom is 0.234 e. The highest BCUT2D eigenvalue weighted by molar-refractivity contribution is 5.98. The van der Waals surface area contributed by atoms with Crippen LogP contribution in [0, 0.1) is 0 Å². The molecule has 0 aromatic heterocycles. The largest absolute Gasteiger partial charge is 0.330 e. The summed E-state index contributed by atoms with van der Waals surface area (Å²) in [6, 6.07) is 17.6. The Hall–Kier alpha value is -2.13. The molecule has 0 bridgehead atoms. The van der Waals surface area contributed by atoms with Crippen LogP contribution in [0.25, 0.3) is 0 Å². The Labute approximate surface area is 126 Å². The molecule has 0 radical (unpaired) electrons. The van der Waals surface area contributed by atoms with Gasteiger partial charge in [-0.15, -0.1) is 0 Å². The SMILES string of the molecule is CC(C)(C(=O)Nc1ccc(CCN)cc1)c1ccccc1. The van der Waals surface area contributed by atoms with Gasteiger partial charge in [0.25, 0.3) is 0 Å². The third-order valence-electron chi connectivity index (χ3n) is 3.71. The third kappa shape index (κ3) is 3.70. The minimum atomic E-state index is -0.572. The summed E-state index contributed by atoms with van der Waals surface area (Å²) in [5.41, 5.74) is 7.95. The minimum Gasteiger partial charge on any atom is -0.330 e. The van der Waals surface area contributed by atoms with Crippen molar-refractivity contribution in [2.45, 2.75) is 25.7 Å². The van der Waals surface area contributed by atoms with Crippen molar-refractivity contribution in [1.82, 2.24) is 0 Å². The van der Waals surface area contributed by atoms with Crippen LogP contribution in [0.15, 0.2) is 54.6 Å². The van der Waals surface area contributed by atoms with Gasteiger partial charge in [0.15, 0.2) is 0 Å². The van der Waals surface area contributed by atoms with E-state index in [0.717, 1.165) is 17.7 Å². The van der Waals surface area contributed by atoms with Gasteiger partial charge in [0.05, 0.1) is 5.41 Å². The predicted molar refractivity (Wildman–Crippen MR) is 87.3 cm³/mol. The zero-order chi connectivity index (χ0) is 15.3. The molecule has 2 aromatic carbocycles. The van der Waals surface area contributed by atoms with Gasteiger partial charge >= 0.3 is 0 Å². The summed E-state index contributed by atoms with van der Waals surface area (Å²) in [4.78, 5) is 12.5. The maximum atomic E-state index is 12.5. The zero-order valence-corrected chi connectivity index (χ0v) is 12.6. The van der Waals surface area contributed by atoms with E-state index in [1.165, 1.54) is 5.56 Å². The quantitative estimate of drug-likeness (QED) is 0.885. The molecule has 0 saturated heterocycles. The molecule has 0 aliphatic carbocycles. The van der Waals surface area contributed by atoms with Crippen molar-refractivity contribution in [2.75, 3.05) is 11.9 Å². The van der Waals surface area contributed by atoms with Gasteiger partial charge in [0, 0.05) is 5.69 Å². The second-order valence-electron chi connectivity index (χ2n) is 5.68. The summed E-state index contributed by atoms with van der Waals surface area (Å²) in [6.07, 6.45) is 0.851. The molecule has 1 amide bonds. The van der Waals surface area contributed by atoms with Gasteiger partial charge in [-0.3, -0.25) is 4.79 Å². The van der Waals surface area contributed by atoms with Crippen LogP contribution in [0.5, 0.6) is 0 Å². The molecule has 0 saturated carbocycles. The molecular formula is C18H22N2O. The first-order chi connectivity index (χ1) is 10.0. The summed E-state index contributed by atoms with van der Waals surface area (Å²) in [5, 5.41) is 2.98. The summed E-state index contributed by atoms with van der Waals surface area (Å²) in [7, 11) is 0. The van der Waals surface area contributed by atoms with Gasteiger partial charge in [-0.1, -0.05) is 42.5 Å². The zero-order valence-electron chi connectivity index (χ0n) is 12.6. The van der Waals surface area contributed by atoms with Crippen molar-refractivity contribution in [3.63, 3.8) is 0 Å². The Kier molecular flexibility index (Phi) is 4.76. The van der Waals surface area contributed by atoms with Crippen molar-refractivity contribution in [2.24, 2.45) is 5.73 Å². The van der Waals surface area contributed by atoms with Crippen LogP contribution < -0.4 is 11.1 Å². The number of carbonyl (C=O) groups excluding carboxylic acids is 1. The van der Waals surface area contributed by atoms with Gasteiger partial charge in [-0.2, -0.15) is 0 Å². The molecule has 110 valence electrons. The van der Waals surface area contributed by atoms with E-state index in [1.807, 2.05) is 68.4 Å². The standard InChI is InChI=1S/C18H22N2O/c1-18(2,15-6-4-3-5-7-15)17(21)20-16-10-8-14(9-11-16)12-13-19/h3-11H,12-13,19H2,1-2H3,(H,20,21). The Morgan fingerprint density at radius 3 is 2.24 bits per heavy atom. The van der Waals surface area contributed by atoms with Gasteiger partial charge in [0.2, 0.25) is 5.91 Å². The minimum absolute atomic E-state index is 0.0136. The molecule has 0 fully saturated rings. The smallest absolute Gasteiger partial charge is 0.234 e. The van der Waals surface area contributed by atoms with E-state index in [4.69, 9.17) is 5.73 Å². The normalized spacial score (nSPS) is 11.2. The molecular weight excluding hydrogens is 260 g/mol. The van der Waals surface area contributed by atoms with E-state index in [1.54, 1.807) is 0 Å². The monoisotopic (exact) mass is 282 g/mol. The second-order valence-corrected chi connectivity index (χ2v) is 5.68. The topological polar surface area (TPSA) is 55.1 Å². The number of nitrogens with one attached hydrogen (secondary N) is 1. The molecule has 2 aromatic rings. The lowest BCUT2D eigenvalue weighted by Gasteiger charge is -2.24. The number of hydrogen-bond donors (Lipinski definition) is 2. The predicted octanol–water partition coefficient (Wildman–Crippen LogP) is 3.10. The molecule has 3 heteroatoms. The molecule has 2 rings (SSSR count). The highest BCUT2D eigenvalue weighted by atomic mass is 16.2. The Morgan fingerprint density at radius 2 is 1.67 bits per heavy atom. The molecule has 0 unspecified atom stereocenters. The van der Waals surface area contributed by atoms with Crippen molar-refractivity contribution < 1.29 is 4.79 Å². The first kappa shape index (κ1) is 15.3. The fraction of sp³-hybridized carbons (Fsp3) is 0.278. The van der Waals surface area contributed by atoms with E-state index in [9.17, 15) is 4.79 Å². The van der Waals surface area contributed by atoms with Crippen LogP contribution in [0.3, 0.4) is 0 Å². The number of anilines is 1. The highest BCUT2D eigenvalue weighted by Crippen LogP contribution is 2.25. The van der Waals surface area contributed by atoms with Crippen molar-refractivity contribution in [3.8, 4) is 0 Å². The summed E-state index contributed by atoms with van der Waals surface area (Å²) in [5.74, 6) is -0.0136. The molecule has 0 heterocycles. The number of nitrogens with two attached hydrogens (primary N) is 1. The molecule has 0 aliphatic heterocycles. The van der Waals surface area contributed by atoms with Crippen molar-refractivity contribution in [3.05, 3.63) is 65.7 Å². The van der Waals surface area contributed by atoms with Crippen LogP contribution in [-0.4, -0.2) is 12.5 Å². The van der Waals surface area contributed by atoms with Gasteiger partial charge in [-0.25, -0.2) is 0 Å². The average molecular weight is 282 g/mol. The lowest BCUT2D eigenvalue weighted by Crippen LogP contribution is -2.34. The van der Waals surface area contributed by atoms with Crippen LogP contribution in [0.2, 0.25) is 0 Å². The van der Waals surface area contributed by atoms with Gasteiger partial charge in [-0.05, 0) is 50.1 Å². The highest BCUT2D eigenvalue weighted by Gasteiger charge is 2.29. The van der Waals surface area contributed by atoms with E-state index in [2.05, 4.69) is 5.32 Å². The number of benzene rings is 2. The molecule has 0 spiro atoms. The third-order valence-corrected chi connectivity index (χ3v) is 3.71. The summed E-state index contributed by atoms with van der Waals surface area (Å²) < 4.78 is 0. The molecule has 0 aliphatic rings. The number of amides is 1. The van der Waals surface area contributed by atoms with E-state index >= 15 is 0 Å². The van der Waals surface area contributed by atoms with E-state index in [-0.39, 0.29) is 5.91 Å². The van der Waals surface area contributed by atoms with Gasteiger partial charge in [0.1, 0.15) is 0 Å². The average Bonchev–Trinajstić information content (AvgIpc) is 2.50. The van der Waals surface area contributed by atoms with Crippen LogP contribution >= 0.6 is 0 Å². The van der Waals surface area contributed by atoms with Crippen molar-refractivity contribution >= 4 is 11.6 Å². The lowest BCUT2D eigenvalue weighted by atomic mass is 9.83. The fourth-order valence-corrected chi connectivity index (χ4v) is 2.19. The first-order valence-electron chi connectivity index (χ1n) is 7.20. The Bertz CT molecular complexity index is 588. The van der Waals surface area contributed by atoms with Crippen molar-refractivity contribution in [1.29, 1.82) is 0 Å². The fourth-order valence-electron chi connectivity index (χ4n) is 2.19. The molecule has 3 N–H and O–H groups in total. The Morgan fingerprint density at radius 1 is 1.05 bits per heavy atom. The van der Waals surface area contributed by atoms with Crippen LogP contribution in [0.4, 0.5) is 5.69 Å². The summed E-state index contributed by atoms with van der Waals surface area (Å²) >= 11 is 0. The molecule has 21 heavy (non-hydrogen) atoms. The first-order valence-corrected chi connectivity index (χ1v) is 7.20. The number of carbonyl (C=O) groups is 1. The molecule has 3 nitrogen and oxygen atoms in total.